The lowest BCUT2D eigenvalue weighted by Gasteiger charge is -2.09. The predicted octanol–water partition coefficient (Wildman–Crippen LogP) is 1.83. The number of carbonyl (C=O) groups is 2. The van der Waals surface area contributed by atoms with Gasteiger partial charge in [0.05, 0.1) is 16.6 Å². The van der Waals surface area contributed by atoms with E-state index in [9.17, 15) is 9.59 Å². The van der Waals surface area contributed by atoms with E-state index in [0.29, 0.717) is 12.8 Å². The molecule has 1 amide bonds. The third-order valence-corrected chi connectivity index (χ3v) is 3.96. The van der Waals surface area contributed by atoms with Crippen LogP contribution in [0.5, 0.6) is 0 Å². The zero-order valence-corrected chi connectivity index (χ0v) is 11.4. The number of hydrogen-bond donors (Lipinski definition) is 2. The van der Waals surface area contributed by atoms with Gasteiger partial charge in [0.1, 0.15) is 0 Å². The second-order valence-electron chi connectivity index (χ2n) is 4.68. The highest BCUT2D eigenvalue weighted by atomic mass is 32.1. The number of carboxylic acids is 1. The Kier molecular flexibility index (Phi) is 4.31. The van der Waals surface area contributed by atoms with Gasteiger partial charge >= 0.3 is 5.97 Å². The van der Waals surface area contributed by atoms with Crippen molar-refractivity contribution in [3.05, 3.63) is 22.2 Å². The minimum atomic E-state index is -0.773. The van der Waals surface area contributed by atoms with E-state index in [0.717, 1.165) is 17.1 Å². The molecule has 2 unspecified atom stereocenters. The zero-order valence-electron chi connectivity index (χ0n) is 10.6. The molecule has 1 aromatic heterocycles. The third-order valence-electron chi connectivity index (χ3n) is 3.17. The first-order valence-corrected chi connectivity index (χ1v) is 7.06. The molecule has 6 heteroatoms. The zero-order chi connectivity index (χ0) is 13.8. The molecule has 1 fully saturated rings. The molecule has 0 spiro atoms. The van der Waals surface area contributed by atoms with Crippen LogP contribution in [0.25, 0.3) is 6.08 Å². The molecule has 1 aromatic rings. The molecule has 0 aromatic carbocycles. The number of aromatic nitrogens is 1. The summed E-state index contributed by atoms with van der Waals surface area (Å²) in [4.78, 5) is 26.7. The first-order valence-electron chi connectivity index (χ1n) is 6.18. The number of aryl methyl sites for hydroxylation is 1. The minimum absolute atomic E-state index is 0.0320. The number of carboxylic acid groups (broad SMARTS) is 1. The van der Waals surface area contributed by atoms with Crippen molar-refractivity contribution in [2.45, 2.75) is 32.2 Å². The van der Waals surface area contributed by atoms with E-state index in [1.807, 2.05) is 12.3 Å². The van der Waals surface area contributed by atoms with Gasteiger partial charge in [-0.15, -0.1) is 11.3 Å². The Morgan fingerprint density at radius 3 is 2.89 bits per heavy atom. The Bertz CT molecular complexity index is 510. The van der Waals surface area contributed by atoms with Gasteiger partial charge in [-0.1, -0.05) is 0 Å². The van der Waals surface area contributed by atoms with E-state index in [1.165, 1.54) is 17.4 Å². The van der Waals surface area contributed by atoms with Crippen LogP contribution in [0.4, 0.5) is 0 Å². The van der Waals surface area contributed by atoms with E-state index >= 15 is 0 Å². The Labute approximate surface area is 115 Å². The van der Waals surface area contributed by atoms with Crippen LogP contribution in [-0.4, -0.2) is 28.0 Å². The van der Waals surface area contributed by atoms with E-state index in [4.69, 9.17) is 5.11 Å². The van der Waals surface area contributed by atoms with Gasteiger partial charge < -0.3 is 10.4 Å². The number of aliphatic carboxylic acids is 1. The molecule has 19 heavy (non-hydrogen) atoms. The summed E-state index contributed by atoms with van der Waals surface area (Å²) in [6.07, 6.45) is 5.00. The summed E-state index contributed by atoms with van der Waals surface area (Å²) in [5, 5.41) is 14.6. The molecule has 0 radical (unpaired) electrons. The monoisotopic (exact) mass is 280 g/mol. The lowest BCUT2D eigenvalue weighted by molar-refractivity contribution is -0.141. The van der Waals surface area contributed by atoms with Gasteiger partial charge in [-0.3, -0.25) is 9.59 Å². The molecular formula is C13H16N2O3S. The molecule has 2 rings (SSSR count). The molecule has 1 heterocycles. The van der Waals surface area contributed by atoms with Crippen molar-refractivity contribution in [3.63, 3.8) is 0 Å². The summed E-state index contributed by atoms with van der Waals surface area (Å²) in [6, 6.07) is -0.0320. The molecule has 2 atom stereocenters. The largest absolute Gasteiger partial charge is 0.481 e. The fourth-order valence-electron chi connectivity index (χ4n) is 2.20. The van der Waals surface area contributed by atoms with Crippen LogP contribution in [0.2, 0.25) is 0 Å². The van der Waals surface area contributed by atoms with E-state index in [1.54, 1.807) is 6.08 Å². The van der Waals surface area contributed by atoms with E-state index < -0.39 is 5.97 Å². The van der Waals surface area contributed by atoms with Crippen LogP contribution in [0.1, 0.15) is 30.0 Å². The second kappa shape index (κ2) is 5.97. The average Bonchev–Trinajstić information content (AvgIpc) is 2.96. The SMILES string of the molecule is Cc1nc(C=CC(=O)NC2CCC(C(=O)O)C2)cs1. The summed E-state index contributed by atoms with van der Waals surface area (Å²) < 4.78 is 0. The maximum atomic E-state index is 11.7. The standard InChI is InChI=1S/C13H16N2O3S/c1-8-14-11(7-19-8)4-5-12(16)15-10-3-2-9(6-10)13(17)18/h4-5,7,9-10H,2-3,6H2,1H3,(H,15,16)(H,17,18). The average molecular weight is 280 g/mol. The van der Waals surface area contributed by atoms with Crippen LogP contribution in [0.3, 0.4) is 0 Å². The number of rotatable bonds is 4. The van der Waals surface area contributed by atoms with Crippen LogP contribution >= 0.6 is 11.3 Å². The topological polar surface area (TPSA) is 79.3 Å². The number of nitrogens with zero attached hydrogens (tertiary/aromatic N) is 1. The van der Waals surface area contributed by atoms with Gasteiger partial charge in [-0.05, 0) is 32.3 Å². The van der Waals surface area contributed by atoms with Crippen molar-refractivity contribution in [1.82, 2.24) is 10.3 Å². The molecule has 0 bridgehead atoms. The highest BCUT2D eigenvalue weighted by Crippen LogP contribution is 2.25. The second-order valence-corrected chi connectivity index (χ2v) is 5.74. The van der Waals surface area contributed by atoms with Gasteiger partial charge in [0.2, 0.25) is 5.91 Å². The Hall–Kier alpha value is -1.69. The summed E-state index contributed by atoms with van der Waals surface area (Å²) in [7, 11) is 0. The van der Waals surface area contributed by atoms with Crippen LogP contribution in [0, 0.1) is 12.8 Å². The summed E-state index contributed by atoms with van der Waals surface area (Å²) >= 11 is 1.53. The summed E-state index contributed by atoms with van der Waals surface area (Å²) in [5.41, 5.74) is 0.771. The van der Waals surface area contributed by atoms with Crippen LogP contribution < -0.4 is 5.32 Å². The normalized spacial score (nSPS) is 22.8. The molecule has 2 N–H and O–H groups in total. The molecule has 0 saturated heterocycles. The Morgan fingerprint density at radius 2 is 2.32 bits per heavy atom. The predicted molar refractivity (Wildman–Crippen MR) is 72.8 cm³/mol. The van der Waals surface area contributed by atoms with Crippen LogP contribution in [-0.2, 0) is 9.59 Å². The molecule has 102 valence electrons. The molecule has 5 nitrogen and oxygen atoms in total. The van der Waals surface area contributed by atoms with Crippen molar-refractivity contribution < 1.29 is 14.7 Å². The van der Waals surface area contributed by atoms with Crippen molar-refractivity contribution >= 4 is 29.3 Å². The fourth-order valence-corrected chi connectivity index (χ4v) is 2.78. The minimum Gasteiger partial charge on any atom is -0.481 e. The molecule has 0 aliphatic heterocycles. The summed E-state index contributed by atoms with van der Waals surface area (Å²) in [6.45, 7) is 1.91. The molecule has 1 saturated carbocycles. The highest BCUT2D eigenvalue weighted by Gasteiger charge is 2.30. The maximum absolute atomic E-state index is 11.7. The van der Waals surface area contributed by atoms with Crippen molar-refractivity contribution in [2.24, 2.45) is 5.92 Å². The van der Waals surface area contributed by atoms with Crippen molar-refractivity contribution in [2.75, 3.05) is 0 Å². The molecule has 1 aliphatic carbocycles. The van der Waals surface area contributed by atoms with Gasteiger partial charge in [-0.25, -0.2) is 4.98 Å². The van der Waals surface area contributed by atoms with Gasteiger partial charge in [0.25, 0.3) is 0 Å². The highest BCUT2D eigenvalue weighted by molar-refractivity contribution is 7.09. The number of carbonyl (C=O) groups excluding carboxylic acids is 1. The summed E-state index contributed by atoms with van der Waals surface area (Å²) in [5.74, 6) is -1.29. The lowest BCUT2D eigenvalue weighted by Crippen LogP contribution is -2.31. The fraction of sp³-hybridized carbons (Fsp3) is 0.462. The van der Waals surface area contributed by atoms with Crippen molar-refractivity contribution in [1.29, 1.82) is 0 Å². The Morgan fingerprint density at radius 1 is 1.53 bits per heavy atom. The van der Waals surface area contributed by atoms with Crippen molar-refractivity contribution in [3.8, 4) is 0 Å². The number of hydrogen-bond acceptors (Lipinski definition) is 4. The van der Waals surface area contributed by atoms with Gasteiger partial charge in [0, 0.05) is 17.5 Å². The van der Waals surface area contributed by atoms with Gasteiger partial charge in [0.15, 0.2) is 0 Å². The van der Waals surface area contributed by atoms with Crippen LogP contribution in [0.15, 0.2) is 11.5 Å². The van der Waals surface area contributed by atoms with E-state index in [-0.39, 0.29) is 17.9 Å². The van der Waals surface area contributed by atoms with E-state index in [2.05, 4.69) is 10.3 Å². The molecule has 1 aliphatic rings. The third kappa shape index (κ3) is 3.89. The Balaban J connectivity index is 1.82. The number of amides is 1. The first-order chi connectivity index (χ1) is 9.04. The van der Waals surface area contributed by atoms with Gasteiger partial charge in [-0.2, -0.15) is 0 Å². The number of thiazole rings is 1. The molecular weight excluding hydrogens is 264 g/mol. The smallest absolute Gasteiger partial charge is 0.306 e. The first kappa shape index (κ1) is 13.7. The quantitative estimate of drug-likeness (QED) is 0.825. The lowest BCUT2D eigenvalue weighted by atomic mass is 10.1. The maximum Gasteiger partial charge on any atom is 0.306 e. The number of nitrogens with one attached hydrogen (secondary N) is 1.